The van der Waals surface area contributed by atoms with Crippen LogP contribution >= 0.6 is 27.5 Å². The highest BCUT2D eigenvalue weighted by atomic mass is 79.9. The standard InChI is InChI=1S/C12H14BrClF3N/c1-3-11(2,7-14)18-10-5-4-8(6-9(10)13)12(15,16)17/h4-6,18H,3,7H2,1-2H3. The molecule has 1 atom stereocenters. The summed E-state index contributed by atoms with van der Waals surface area (Å²) in [6.45, 7) is 3.89. The van der Waals surface area contributed by atoms with E-state index in [-0.39, 0.29) is 5.54 Å². The van der Waals surface area contributed by atoms with Gasteiger partial charge in [-0.25, -0.2) is 0 Å². The van der Waals surface area contributed by atoms with E-state index in [1.165, 1.54) is 6.07 Å². The van der Waals surface area contributed by atoms with Crippen LogP contribution in [0.3, 0.4) is 0 Å². The van der Waals surface area contributed by atoms with Gasteiger partial charge in [-0.2, -0.15) is 13.2 Å². The van der Waals surface area contributed by atoms with Gasteiger partial charge >= 0.3 is 6.18 Å². The topological polar surface area (TPSA) is 12.0 Å². The second kappa shape index (κ2) is 5.70. The van der Waals surface area contributed by atoms with Gasteiger partial charge in [0.05, 0.1) is 5.56 Å². The van der Waals surface area contributed by atoms with Gasteiger partial charge in [0.15, 0.2) is 0 Å². The van der Waals surface area contributed by atoms with E-state index < -0.39 is 11.7 Å². The molecule has 1 unspecified atom stereocenters. The van der Waals surface area contributed by atoms with Gasteiger partial charge < -0.3 is 5.32 Å². The van der Waals surface area contributed by atoms with Gasteiger partial charge in [-0.3, -0.25) is 0 Å². The van der Waals surface area contributed by atoms with Gasteiger partial charge in [-0.05, 0) is 47.5 Å². The minimum absolute atomic E-state index is 0.343. The molecule has 1 nitrogen and oxygen atoms in total. The molecule has 0 heterocycles. The molecule has 0 bridgehead atoms. The Balaban J connectivity index is 3.00. The molecule has 0 amide bonds. The van der Waals surface area contributed by atoms with E-state index in [2.05, 4.69) is 21.2 Å². The predicted octanol–water partition coefficient (Wildman–Crippen LogP) is 5.29. The number of anilines is 1. The Morgan fingerprint density at radius 3 is 2.33 bits per heavy atom. The van der Waals surface area contributed by atoms with Gasteiger partial charge in [-0.1, -0.05) is 6.92 Å². The van der Waals surface area contributed by atoms with Crippen molar-refractivity contribution in [3.8, 4) is 0 Å². The van der Waals surface area contributed by atoms with E-state index in [9.17, 15) is 13.2 Å². The molecule has 18 heavy (non-hydrogen) atoms. The monoisotopic (exact) mass is 343 g/mol. The SMILES string of the molecule is CCC(C)(CCl)Nc1ccc(C(F)(F)F)cc1Br. The molecule has 0 fully saturated rings. The summed E-state index contributed by atoms with van der Waals surface area (Å²) in [6, 6.07) is 3.53. The van der Waals surface area contributed by atoms with Crippen LogP contribution in [0.2, 0.25) is 0 Å². The smallest absolute Gasteiger partial charge is 0.378 e. The summed E-state index contributed by atoms with van der Waals surface area (Å²) in [5, 5.41) is 3.16. The van der Waals surface area contributed by atoms with Crippen molar-refractivity contribution in [1.29, 1.82) is 0 Å². The molecule has 1 rings (SSSR count). The summed E-state index contributed by atoms with van der Waals surface area (Å²) in [7, 11) is 0. The molecule has 0 aliphatic rings. The van der Waals surface area contributed by atoms with Crippen molar-refractivity contribution in [2.45, 2.75) is 32.0 Å². The maximum absolute atomic E-state index is 12.5. The minimum Gasteiger partial charge on any atom is -0.378 e. The highest BCUT2D eigenvalue weighted by Crippen LogP contribution is 2.35. The van der Waals surface area contributed by atoms with E-state index in [4.69, 9.17) is 11.6 Å². The van der Waals surface area contributed by atoms with Crippen molar-refractivity contribution in [3.63, 3.8) is 0 Å². The zero-order valence-electron chi connectivity index (χ0n) is 10.0. The third-order valence-corrected chi connectivity index (χ3v) is 4.05. The van der Waals surface area contributed by atoms with Crippen LogP contribution < -0.4 is 5.32 Å². The van der Waals surface area contributed by atoms with Crippen LogP contribution in [-0.2, 0) is 6.18 Å². The lowest BCUT2D eigenvalue weighted by molar-refractivity contribution is -0.137. The van der Waals surface area contributed by atoms with E-state index in [0.29, 0.717) is 16.0 Å². The summed E-state index contributed by atoms with van der Waals surface area (Å²) >= 11 is 9.00. The van der Waals surface area contributed by atoms with Crippen LogP contribution in [0.5, 0.6) is 0 Å². The van der Waals surface area contributed by atoms with Crippen molar-refractivity contribution in [2.75, 3.05) is 11.2 Å². The molecular weight excluding hydrogens is 330 g/mol. The Hall–Kier alpha value is -0.420. The molecule has 0 spiro atoms. The van der Waals surface area contributed by atoms with Crippen molar-refractivity contribution in [1.82, 2.24) is 0 Å². The van der Waals surface area contributed by atoms with Gasteiger partial charge in [0.2, 0.25) is 0 Å². The van der Waals surface area contributed by atoms with E-state index in [1.807, 2.05) is 13.8 Å². The number of hydrogen-bond acceptors (Lipinski definition) is 1. The molecule has 0 radical (unpaired) electrons. The third kappa shape index (κ3) is 3.79. The Bertz CT molecular complexity index is 416. The number of nitrogens with one attached hydrogen (secondary N) is 1. The van der Waals surface area contributed by atoms with Gasteiger partial charge in [0.25, 0.3) is 0 Å². The third-order valence-electron chi connectivity index (χ3n) is 2.81. The first kappa shape index (κ1) is 15.6. The molecule has 0 saturated heterocycles. The number of alkyl halides is 4. The Morgan fingerprint density at radius 2 is 1.94 bits per heavy atom. The van der Waals surface area contributed by atoms with Crippen LogP contribution in [-0.4, -0.2) is 11.4 Å². The molecule has 0 aromatic heterocycles. The first-order valence-electron chi connectivity index (χ1n) is 5.43. The average molecular weight is 345 g/mol. The fraction of sp³-hybridized carbons (Fsp3) is 0.500. The Labute approximate surface area is 118 Å². The fourth-order valence-electron chi connectivity index (χ4n) is 1.33. The average Bonchev–Trinajstić information content (AvgIpc) is 2.30. The molecule has 0 aliphatic carbocycles. The molecule has 1 N–H and O–H groups in total. The zero-order valence-corrected chi connectivity index (χ0v) is 12.4. The molecule has 1 aromatic rings. The van der Waals surface area contributed by atoms with Gasteiger partial charge in [0, 0.05) is 21.6 Å². The van der Waals surface area contributed by atoms with Crippen LogP contribution in [0.15, 0.2) is 22.7 Å². The van der Waals surface area contributed by atoms with E-state index >= 15 is 0 Å². The Kier molecular flexibility index (Phi) is 4.95. The molecule has 0 aliphatic heterocycles. The van der Waals surface area contributed by atoms with Crippen LogP contribution in [0.1, 0.15) is 25.8 Å². The normalized spacial score (nSPS) is 15.3. The Morgan fingerprint density at radius 1 is 1.33 bits per heavy atom. The van der Waals surface area contributed by atoms with Gasteiger partial charge in [-0.15, -0.1) is 11.6 Å². The van der Waals surface area contributed by atoms with E-state index in [1.54, 1.807) is 0 Å². The first-order valence-corrected chi connectivity index (χ1v) is 6.75. The van der Waals surface area contributed by atoms with Crippen molar-refractivity contribution in [2.24, 2.45) is 0 Å². The van der Waals surface area contributed by atoms with Crippen molar-refractivity contribution in [3.05, 3.63) is 28.2 Å². The van der Waals surface area contributed by atoms with Crippen molar-refractivity contribution < 1.29 is 13.2 Å². The first-order chi connectivity index (χ1) is 8.22. The predicted molar refractivity (Wildman–Crippen MR) is 72.2 cm³/mol. The fourth-order valence-corrected chi connectivity index (χ4v) is 2.07. The lowest BCUT2D eigenvalue weighted by atomic mass is 10.0. The second-order valence-corrected chi connectivity index (χ2v) is 5.49. The minimum atomic E-state index is -4.33. The largest absolute Gasteiger partial charge is 0.416 e. The lowest BCUT2D eigenvalue weighted by Crippen LogP contribution is -2.36. The maximum Gasteiger partial charge on any atom is 0.416 e. The van der Waals surface area contributed by atoms with Crippen molar-refractivity contribution >= 4 is 33.2 Å². The van der Waals surface area contributed by atoms with E-state index in [0.717, 1.165) is 18.6 Å². The summed E-state index contributed by atoms with van der Waals surface area (Å²) in [5.41, 5.74) is -0.416. The molecule has 6 heteroatoms. The van der Waals surface area contributed by atoms with Gasteiger partial charge in [0.1, 0.15) is 0 Å². The highest BCUT2D eigenvalue weighted by Gasteiger charge is 2.31. The summed E-state index contributed by atoms with van der Waals surface area (Å²) in [4.78, 5) is 0. The lowest BCUT2D eigenvalue weighted by Gasteiger charge is -2.29. The van der Waals surface area contributed by atoms with Crippen LogP contribution in [0.4, 0.5) is 18.9 Å². The molecule has 0 saturated carbocycles. The summed E-state index contributed by atoms with van der Waals surface area (Å²) < 4.78 is 37.9. The molecular formula is C12H14BrClF3N. The molecule has 102 valence electrons. The summed E-state index contributed by atoms with van der Waals surface area (Å²) in [6.07, 6.45) is -3.56. The number of rotatable bonds is 4. The molecule has 1 aromatic carbocycles. The number of halogens is 5. The quantitative estimate of drug-likeness (QED) is 0.732. The van der Waals surface area contributed by atoms with Crippen LogP contribution in [0.25, 0.3) is 0 Å². The maximum atomic E-state index is 12.5. The second-order valence-electron chi connectivity index (χ2n) is 4.37. The van der Waals surface area contributed by atoms with Crippen LogP contribution in [0, 0.1) is 0 Å². The highest BCUT2D eigenvalue weighted by molar-refractivity contribution is 9.10. The number of benzene rings is 1. The zero-order chi connectivity index (χ0) is 14.0. The summed E-state index contributed by atoms with van der Waals surface area (Å²) in [5.74, 6) is 0.372. The number of hydrogen-bond donors (Lipinski definition) is 1.